The molecule has 0 aliphatic heterocycles. The predicted molar refractivity (Wildman–Crippen MR) is 141 cm³/mol. The molecule has 0 fully saturated rings. The van der Waals surface area contributed by atoms with E-state index in [0.29, 0.717) is 17.2 Å². The van der Waals surface area contributed by atoms with Crippen LogP contribution in [-0.2, 0) is 16.9 Å². The largest absolute Gasteiger partial charge is 0.451 e. The minimum atomic E-state index is -3.99. The van der Waals surface area contributed by atoms with Gasteiger partial charge in [-0.05, 0) is 49.4 Å². The number of hydrogen-bond donors (Lipinski definition) is 3. The summed E-state index contributed by atoms with van der Waals surface area (Å²) in [5, 5.41) is 0.0868. The lowest BCUT2D eigenvalue weighted by molar-refractivity contribution is 0.441. The van der Waals surface area contributed by atoms with Gasteiger partial charge in [0.25, 0.3) is 5.56 Å². The zero-order valence-corrected chi connectivity index (χ0v) is 21.1. The Bertz CT molecular complexity index is 1900. The SMILES string of the molecule is Cc1ccc(S(=O)(=O)c2cc3c(-c4ccc(N)c(N)c4Oc4ccc(F)cc4F)cn(C)c(=O)c3[nH]2)cc1. The average Bonchev–Trinajstić information content (AvgIpc) is 3.33. The Kier molecular flexibility index (Phi) is 5.95. The fourth-order valence-corrected chi connectivity index (χ4v) is 5.38. The van der Waals surface area contributed by atoms with E-state index in [-0.39, 0.29) is 43.7 Å². The quantitative estimate of drug-likeness (QED) is 0.273. The summed E-state index contributed by atoms with van der Waals surface area (Å²) < 4.78 is 61.6. The van der Waals surface area contributed by atoms with Gasteiger partial charge in [0, 0.05) is 35.8 Å². The number of aromatic amines is 1. The molecule has 11 heteroatoms. The summed E-state index contributed by atoms with van der Waals surface area (Å²) in [4.78, 5) is 15.8. The number of pyridine rings is 1. The average molecular weight is 537 g/mol. The lowest BCUT2D eigenvalue weighted by Crippen LogP contribution is -2.17. The van der Waals surface area contributed by atoms with Crippen LogP contribution in [-0.4, -0.2) is 18.0 Å². The minimum absolute atomic E-state index is 0.0173. The molecular formula is C27H22F2N4O4S. The molecule has 0 radical (unpaired) electrons. The first-order valence-corrected chi connectivity index (χ1v) is 12.8. The number of nitrogen functional groups attached to an aromatic ring is 2. The van der Waals surface area contributed by atoms with Gasteiger partial charge in [0.2, 0.25) is 9.84 Å². The summed E-state index contributed by atoms with van der Waals surface area (Å²) in [6.07, 6.45) is 1.49. The molecular weight excluding hydrogens is 514 g/mol. The number of aromatic nitrogens is 2. The summed E-state index contributed by atoms with van der Waals surface area (Å²) in [7, 11) is -2.49. The molecule has 3 aromatic carbocycles. The minimum Gasteiger partial charge on any atom is -0.451 e. The van der Waals surface area contributed by atoms with E-state index in [9.17, 15) is 22.0 Å². The number of nitrogens with one attached hydrogen (secondary N) is 1. The Morgan fingerprint density at radius 3 is 2.34 bits per heavy atom. The molecule has 0 spiro atoms. The molecule has 5 aromatic rings. The van der Waals surface area contributed by atoms with Gasteiger partial charge in [0.1, 0.15) is 16.4 Å². The molecule has 2 aromatic heterocycles. The highest BCUT2D eigenvalue weighted by atomic mass is 32.2. The van der Waals surface area contributed by atoms with E-state index < -0.39 is 27.0 Å². The molecule has 0 saturated carbocycles. The topological polar surface area (TPSA) is 133 Å². The summed E-state index contributed by atoms with van der Waals surface area (Å²) in [5.41, 5.74) is 13.4. The molecule has 38 heavy (non-hydrogen) atoms. The third-order valence-corrected chi connectivity index (χ3v) is 7.88. The molecule has 194 valence electrons. The normalized spacial score (nSPS) is 11.7. The van der Waals surface area contributed by atoms with Crippen LogP contribution < -0.4 is 21.8 Å². The van der Waals surface area contributed by atoms with Crippen molar-refractivity contribution < 1.29 is 21.9 Å². The molecule has 8 nitrogen and oxygen atoms in total. The highest BCUT2D eigenvalue weighted by molar-refractivity contribution is 7.91. The molecule has 0 atom stereocenters. The van der Waals surface area contributed by atoms with Crippen molar-refractivity contribution >= 4 is 32.1 Å². The molecule has 0 aliphatic rings. The fraction of sp³-hybridized carbons (Fsp3) is 0.0741. The van der Waals surface area contributed by atoms with Crippen LogP contribution in [0.2, 0.25) is 0 Å². The van der Waals surface area contributed by atoms with Crippen molar-refractivity contribution in [2.75, 3.05) is 11.5 Å². The van der Waals surface area contributed by atoms with Gasteiger partial charge in [-0.1, -0.05) is 17.7 Å². The smallest absolute Gasteiger partial charge is 0.274 e. The third-order valence-electron chi connectivity index (χ3n) is 6.19. The van der Waals surface area contributed by atoms with Gasteiger partial charge in [-0.25, -0.2) is 17.2 Å². The molecule has 0 amide bonds. The number of ether oxygens (including phenoxy) is 1. The monoisotopic (exact) mass is 536 g/mol. The number of anilines is 2. The number of H-pyrrole nitrogens is 1. The highest BCUT2D eigenvalue weighted by Gasteiger charge is 2.25. The highest BCUT2D eigenvalue weighted by Crippen LogP contribution is 2.43. The van der Waals surface area contributed by atoms with E-state index in [1.54, 1.807) is 18.2 Å². The Morgan fingerprint density at radius 2 is 1.66 bits per heavy atom. The molecule has 2 heterocycles. The maximum absolute atomic E-state index is 14.4. The number of nitrogens with two attached hydrogens (primary N) is 2. The number of benzene rings is 3. The number of halogens is 2. The zero-order valence-electron chi connectivity index (χ0n) is 20.2. The molecule has 0 saturated heterocycles. The Hall–Kier alpha value is -4.64. The van der Waals surface area contributed by atoms with Crippen LogP contribution in [0.15, 0.2) is 81.6 Å². The van der Waals surface area contributed by atoms with E-state index in [1.165, 1.54) is 42.1 Å². The second-order valence-electron chi connectivity index (χ2n) is 8.82. The molecule has 5 rings (SSSR count). The van der Waals surface area contributed by atoms with E-state index in [2.05, 4.69) is 4.98 Å². The van der Waals surface area contributed by atoms with Gasteiger partial charge in [-0.3, -0.25) is 4.79 Å². The van der Waals surface area contributed by atoms with Crippen molar-refractivity contribution in [3.63, 3.8) is 0 Å². The first-order valence-electron chi connectivity index (χ1n) is 11.3. The summed E-state index contributed by atoms with van der Waals surface area (Å²) >= 11 is 0. The van der Waals surface area contributed by atoms with Crippen molar-refractivity contribution in [2.24, 2.45) is 7.05 Å². The van der Waals surface area contributed by atoms with Crippen LogP contribution in [0.1, 0.15) is 5.56 Å². The second kappa shape index (κ2) is 9.03. The zero-order chi connectivity index (χ0) is 27.4. The number of hydrogen-bond acceptors (Lipinski definition) is 6. The van der Waals surface area contributed by atoms with E-state index >= 15 is 0 Å². The van der Waals surface area contributed by atoms with Crippen LogP contribution in [0, 0.1) is 18.6 Å². The predicted octanol–water partition coefficient (Wildman–Crippen LogP) is 4.91. The first kappa shape index (κ1) is 25.0. The molecule has 0 unspecified atom stereocenters. The number of sulfone groups is 1. The van der Waals surface area contributed by atoms with Crippen LogP contribution >= 0.6 is 0 Å². The van der Waals surface area contributed by atoms with Crippen LogP contribution in [0.4, 0.5) is 20.2 Å². The van der Waals surface area contributed by atoms with E-state index in [1.807, 2.05) is 6.92 Å². The molecule has 0 bridgehead atoms. The van der Waals surface area contributed by atoms with Crippen molar-refractivity contribution in [3.8, 4) is 22.6 Å². The van der Waals surface area contributed by atoms with Crippen LogP contribution in [0.25, 0.3) is 22.0 Å². The van der Waals surface area contributed by atoms with Crippen molar-refractivity contribution in [2.45, 2.75) is 16.8 Å². The maximum Gasteiger partial charge on any atom is 0.274 e. The van der Waals surface area contributed by atoms with E-state index in [4.69, 9.17) is 16.2 Å². The van der Waals surface area contributed by atoms with Gasteiger partial charge >= 0.3 is 0 Å². The van der Waals surface area contributed by atoms with Crippen molar-refractivity contribution in [1.82, 2.24) is 9.55 Å². The van der Waals surface area contributed by atoms with Crippen molar-refractivity contribution in [3.05, 3.63) is 94.4 Å². The summed E-state index contributed by atoms with van der Waals surface area (Å²) in [6.45, 7) is 1.84. The standard InChI is InChI=1S/C27H22F2N4O4S/c1-14-3-6-16(7-4-14)38(35,36)23-12-18-19(13-33(2)27(34)25(18)32-23)17-8-9-21(30)24(31)26(17)37-22-10-5-15(28)11-20(22)29/h3-13,32H,30-31H2,1-2H3. The Labute approximate surface area is 216 Å². The Balaban J connectivity index is 1.74. The van der Waals surface area contributed by atoms with Gasteiger partial charge < -0.3 is 25.8 Å². The maximum atomic E-state index is 14.4. The van der Waals surface area contributed by atoms with Gasteiger partial charge in [-0.15, -0.1) is 0 Å². The van der Waals surface area contributed by atoms with Crippen LogP contribution in [0.5, 0.6) is 11.5 Å². The molecule has 0 aliphatic carbocycles. The van der Waals surface area contributed by atoms with Crippen LogP contribution in [0.3, 0.4) is 0 Å². The van der Waals surface area contributed by atoms with Gasteiger partial charge in [0.15, 0.2) is 17.3 Å². The number of rotatable bonds is 5. The summed E-state index contributed by atoms with van der Waals surface area (Å²) in [6, 6.07) is 13.5. The fourth-order valence-electron chi connectivity index (χ4n) is 4.12. The second-order valence-corrected chi connectivity index (χ2v) is 10.7. The lowest BCUT2D eigenvalue weighted by atomic mass is 10.0. The van der Waals surface area contributed by atoms with Crippen molar-refractivity contribution in [1.29, 1.82) is 0 Å². The number of nitrogens with zero attached hydrogens (tertiary/aromatic N) is 1. The molecule has 5 N–H and O–H groups in total. The first-order chi connectivity index (χ1) is 18.0. The lowest BCUT2D eigenvalue weighted by Gasteiger charge is -2.17. The third kappa shape index (κ3) is 4.16. The van der Waals surface area contributed by atoms with E-state index in [0.717, 1.165) is 17.7 Å². The summed E-state index contributed by atoms with van der Waals surface area (Å²) in [5.74, 6) is -2.09. The van der Waals surface area contributed by atoms with Gasteiger partial charge in [-0.2, -0.15) is 0 Å². The number of aryl methyl sites for hydroxylation is 2. The van der Waals surface area contributed by atoms with Gasteiger partial charge in [0.05, 0.1) is 16.3 Å². The Morgan fingerprint density at radius 1 is 0.947 bits per heavy atom. The number of fused-ring (bicyclic) bond motifs is 1.